The minimum atomic E-state index is -4.51. The molecule has 7 heteroatoms. The number of anilines is 1. The van der Waals surface area contributed by atoms with Gasteiger partial charge >= 0.3 is 6.18 Å². The van der Waals surface area contributed by atoms with Crippen LogP contribution in [0.2, 0.25) is 0 Å². The summed E-state index contributed by atoms with van der Waals surface area (Å²) in [7, 11) is 0. The van der Waals surface area contributed by atoms with Crippen molar-refractivity contribution in [1.29, 1.82) is 0 Å². The number of nitrogens with zero attached hydrogens (tertiary/aromatic N) is 3. The molecule has 0 bridgehead atoms. The van der Waals surface area contributed by atoms with Crippen LogP contribution in [-0.4, -0.2) is 41.0 Å². The number of alkyl halides is 3. The molecule has 0 radical (unpaired) electrons. The maximum atomic E-state index is 13.1. The lowest BCUT2D eigenvalue weighted by atomic mass is 10.1. The highest BCUT2D eigenvalue weighted by Crippen LogP contribution is 2.31. The van der Waals surface area contributed by atoms with Crippen molar-refractivity contribution in [2.75, 3.05) is 31.5 Å². The van der Waals surface area contributed by atoms with Crippen LogP contribution in [0.3, 0.4) is 0 Å². The first-order chi connectivity index (χ1) is 11.4. The average Bonchev–Trinajstić information content (AvgIpc) is 2.58. The van der Waals surface area contributed by atoms with Crippen LogP contribution in [0.25, 0.3) is 11.3 Å². The SMILES string of the molecule is CCN(CC)CCNc1nc(-c2ccccc2)cc(C(F)(F)F)n1. The van der Waals surface area contributed by atoms with E-state index in [1.807, 2.05) is 13.8 Å². The molecule has 0 saturated carbocycles. The summed E-state index contributed by atoms with van der Waals surface area (Å²) < 4.78 is 39.3. The minimum absolute atomic E-state index is 0.00386. The summed E-state index contributed by atoms with van der Waals surface area (Å²) in [5.41, 5.74) is -0.0675. The lowest BCUT2D eigenvalue weighted by Gasteiger charge is -2.18. The lowest BCUT2D eigenvalue weighted by Crippen LogP contribution is -2.29. The summed E-state index contributed by atoms with van der Waals surface area (Å²) >= 11 is 0. The average molecular weight is 338 g/mol. The van der Waals surface area contributed by atoms with E-state index >= 15 is 0 Å². The number of hydrogen-bond acceptors (Lipinski definition) is 4. The second-order valence-corrected chi connectivity index (χ2v) is 5.28. The van der Waals surface area contributed by atoms with Crippen molar-refractivity contribution in [3.63, 3.8) is 0 Å². The fourth-order valence-corrected chi connectivity index (χ4v) is 2.29. The summed E-state index contributed by atoms with van der Waals surface area (Å²) in [4.78, 5) is 10.0. The Kier molecular flexibility index (Phi) is 6.14. The van der Waals surface area contributed by atoms with Crippen molar-refractivity contribution < 1.29 is 13.2 Å². The molecule has 1 heterocycles. The first-order valence-corrected chi connectivity index (χ1v) is 7.92. The molecule has 0 saturated heterocycles. The number of likely N-dealkylation sites (N-methyl/N-ethyl adjacent to an activating group) is 1. The fourth-order valence-electron chi connectivity index (χ4n) is 2.29. The number of nitrogens with one attached hydrogen (secondary N) is 1. The molecule has 2 aromatic rings. The molecule has 0 aliphatic carbocycles. The van der Waals surface area contributed by atoms with E-state index in [4.69, 9.17) is 0 Å². The monoisotopic (exact) mass is 338 g/mol. The van der Waals surface area contributed by atoms with Gasteiger partial charge < -0.3 is 10.2 Å². The molecule has 1 aromatic heterocycles. The zero-order valence-electron chi connectivity index (χ0n) is 13.8. The molecule has 0 fully saturated rings. The maximum Gasteiger partial charge on any atom is 0.433 e. The van der Waals surface area contributed by atoms with Gasteiger partial charge in [-0.1, -0.05) is 44.2 Å². The van der Waals surface area contributed by atoms with Gasteiger partial charge in [0.15, 0.2) is 5.69 Å². The Balaban J connectivity index is 2.24. The van der Waals surface area contributed by atoms with E-state index in [2.05, 4.69) is 20.2 Å². The Morgan fingerprint density at radius 2 is 1.71 bits per heavy atom. The molecule has 0 aliphatic rings. The quantitative estimate of drug-likeness (QED) is 0.831. The second-order valence-electron chi connectivity index (χ2n) is 5.28. The Labute approximate surface area is 139 Å². The highest BCUT2D eigenvalue weighted by molar-refractivity contribution is 5.60. The molecule has 0 unspecified atom stereocenters. The Hall–Kier alpha value is -2.15. The Bertz CT molecular complexity index is 640. The molecule has 4 nitrogen and oxygen atoms in total. The molecule has 2 rings (SSSR count). The Morgan fingerprint density at radius 3 is 2.29 bits per heavy atom. The van der Waals surface area contributed by atoms with Gasteiger partial charge in [0.05, 0.1) is 5.69 Å². The van der Waals surface area contributed by atoms with Crippen LogP contribution in [0.5, 0.6) is 0 Å². The van der Waals surface area contributed by atoms with Crippen LogP contribution >= 0.6 is 0 Å². The molecule has 1 N–H and O–H groups in total. The van der Waals surface area contributed by atoms with Gasteiger partial charge in [-0.15, -0.1) is 0 Å². The molecule has 0 amide bonds. The van der Waals surface area contributed by atoms with Gasteiger partial charge in [0.2, 0.25) is 5.95 Å². The van der Waals surface area contributed by atoms with Crippen LogP contribution < -0.4 is 5.32 Å². The van der Waals surface area contributed by atoms with Crippen LogP contribution in [0.15, 0.2) is 36.4 Å². The smallest absolute Gasteiger partial charge is 0.353 e. The van der Waals surface area contributed by atoms with Gasteiger partial charge in [0, 0.05) is 18.7 Å². The fraction of sp³-hybridized carbons (Fsp3) is 0.412. The minimum Gasteiger partial charge on any atom is -0.353 e. The second kappa shape index (κ2) is 8.10. The van der Waals surface area contributed by atoms with E-state index in [1.54, 1.807) is 30.3 Å². The molecule has 0 atom stereocenters. The van der Waals surface area contributed by atoms with Crippen LogP contribution in [0.1, 0.15) is 19.5 Å². The Morgan fingerprint density at radius 1 is 1.04 bits per heavy atom. The van der Waals surface area contributed by atoms with E-state index in [1.165, 1.54) is 0 Å². The first kappa shape index (κ1) is 18.2. The van der Waals surface area contributed by atoms with Crippen molar-refractivity contribution in [2.24, 2.45) is 0 Å². The van der Waals surface area contributed by atoms with E-state index in [0.717, 1.165) is 19.2 Å². The summed E-state index contributed by atoms with van der Waals surface area (Å²) in [6.07, 6.45) is -4.51. The number of hydrogen-bond donors (Lipinski definition) is 1. The van der Waals surface area contributed by atoms with E-state index in [9.17, 15) is 13.2 Å². The predicted molar refractivity (Wildman–Crippen MR) is 88.7 cm³/mol. The van der Waals surface area contributed by atoms with Crippen LogP contribution in [0.4, 0.5) is 19.1 Å². The maximum absolute atomic E-state index is 13.1. The summed E-state index contributed by atoms with van der Waals surface area (Å²) in [6.45, 7) is 7.05. The third kappa shape index (κ3) is 4.92. The van der Waals surface area contributed by atoms with Crippen molar-refractivity contribution in [2.45, 2.75) is 20.0 Å². The molecule has 130 valence electrons. The van der Waals surface area contributed by atoms with Crippen LogP contribution in [-0.2, 0) is 6.18 Å². The predicted octanol–water partition coefficient (Wildman–Crippen LogP) is 3.92. The summed E-state index contributed by atoms with van der Waals surface area (Å²) in [5.74, 6) is -0.00386. The molecule has 0 spiro atoms. The van der Waals surface area contributed by atoms with E-state index in [0.29, 0.717) is 18.7 Å². The third-order valence-electron chi connectivity index (χ3n) is 3.69. The zero-order chi connectivity index (χ0) is 17.6. The highest BCUT2D eigenvalue weighted by atomic mass is 19.4. The van der Waals surface area contributed by atoms with Gasteiger partial charge in [0.25, 0.3) is 0 Å². The summed E-state index contributed by atoms with van der Waals surface area (Å²) in [5, 5.41) is 2.90. The van der Waals surface area contributed by atoms with Gasteiger partial charge in [-0.3, -0.25) is 0 Å². The van der Waals surface area contributed by atoms with Gasteiger partial charge in [-0.25, -0.2) is 9.97 Å². The lowest BCUT2D eigenvalue weighted by molar-refractivity contribution is -0.141. The van der Waals surface area contributed by atoms with Gasteiger partial charge in [0.1, 0.15) is 0 Å². The van der Waals surface area contributed by atoms with E-state index < -0.39 is 11.9 Å². The molecule has 0 aliphatic heterocycles. The molecular weight excluding hydrogens is 317 g/mol. The summed E-state index contributed by atoms with van der Waals surface area (Å²) in [6, 6.07) is 9.75. The third-order valence-corrected chi connectivity index (χ3v) is 3.69. The topological polar surface area (TPSA) is 41.0 Å². The zero-order valence-corrected chi connectivity index (χ0v) is 13.8. The highest BCUT2D eigenvalue weighted by Gasteiger charge is 2.33. The van der Waals surface area contributed by atoms with Crippen LogP contribution in [0, 0.1) is 0 Å². The van der Waals surface area contributed by atoms with Crippen molar-refractivity contribution in [3.05, 3.63) is 42.1 Å². The normalized spacial score (nSPS) is 11.8. The first-order valence-electron chi connectivity index (χ1n) is 7.92. The van der Waals surface area contributed by atoms with Crippen molar-refractivity contribution in [3.8, 4) is 11.3 Å². The molecule has 24 heavy (non-hydrogen) atoms. The van der Waals surface area contributed by atoms with Crippen molar-refractivity contribution >= 4 is 5.95 Å². The standard InChI is InChI=1S/C17H21F3N4/c1-3-24(4-2)11-10-21-16-22-14(13-8-6-5-7-9-13)12-15(23-16)17(18,19)20/h5-9,12H,3-4,10-11H2,1-2H3,(H,21,22,23). The molecular formula is C17H21F3N4. The van der Waals surface area contributed by atoms with Gasteiger partial charge in [-0.2, -0.15) is 13.2 Å². The number of rotatable bonds is 7. The largest absolute Gasteiger partial charge is 0.433 e. The number of benzene rings is 1. The van der Waals surface area contributed by atoms with Crippen molar-refractivity contribution in [1.82, 2.24) is 14.9 Å². The van der Waals surface area contributed by atoms with E-state index in [-0.39, 0.29) is 11.6 Å². The molecule has 1 aromatic carbocycles. The number of halogens is 3. The number of aromatic nitrogens is 2. The van der Waals surface area contributed by atoms with Gasteiger partial charge in [-0.05, 0) is 19.2 Å².